The number of nitrogens with zero attached hydrogens (tertiary/aromatic N) is 1. The standard InChI is InChI=1S/C14H19ClN2/c1-10-7-11(15)8-12-13(10)16-9-14(17(12)2)5-3-4-6-14/h7-8,16H,3-6,9H2,1-2H3. The first-order valence-electron chi connectivity index (χ1n) is 6.40. The quantitative estimate of drug-likeness (QED) is 0.753. The second-order valence-electron chi connectivity index (χ2n) is 5.46. The molecule has 1 aliphatic heterocycles. The van der Waals surface area contributed by atoms with Gasteiger partial charge in [0.05, 0.1) is 16.9 Å². The molecular weight excluding hydrogens is 232 g/mol. The van der Waals surface area contributed by atoms with E-state index >= 15 is 0 Å². The number of aryl methyl sites for hydroxylation is 1. The fourth-order valence-corrected chi connectivity index (χ4v) is 3.66. The van der Waals surface area contributed by atoms with Crippen LogP contribution in [0.4, 0.5) is 11.4 Å². The molecule has 1 aromatic carbocycles. The zero-order chi connectivity index (χ0) is 12.0. The van der Waals surface area contributed by atoms with Gasteiger partial charge >= 0.3 is 0 Å². The molecule has 1 aromatic rings. The van der Waals surface area contributed by atoms with Gasteiger partial charge in [-0.2, -0.15) is 0 Å². The summed E-state index contributed by atoms with van der Waals surface area (Å²) in [5.74, 6) is 0. The highest BCUT2D eigenvalue weighted by Crippen LogP contribution is 2.45. The molecule has 1 N–H and O–H groups in total. The first kappa shape index (κ1) is 11.2. The summed E-state index contributed by atoms with van der Waals surface area (Å²) in [6.45, 7) is 3.19. The van der Waals surface area contributed by atoms with Crippen LogP contribution in [-0.2, 0) is 0 Å². The van der Waals surface area contributed by atoms with Gasteiger partial charge in [-0.05, 0) is 37.5 Å². The van der Waals surface area contributed by atoms with Crippen LogP contribution in [-0.4, -0.2) is 19.1 Å². The van der Waals surface area contributed by atoms with Crippen LogP contribution in [0.3, 0.4) is 0 Å². The molecule has 0 atom stereocenters. The molecular formula is C14H19ClN2. The van der Waals surface area contributed by atoms with Crippen LogP contribution < -0.4 is 10.2 Å². The normalized spacial score (nSPS) is 21.5. The van der Waals surface area contributed by atoms with Crippen molar-refractivity contribution in [2.24, 2.45) is 0 Å². The third kappa shape index (κ3) is 1.61. The predicted molar refractivity (Wildman–Crippen MR) is 74.3 cm³/mol. The minimum atomic E-state index is 0.324. The maximum absolute atomic E-state index is 6.19. The Labute approximate surface area is 108 Å². The third-order valence-corrected chi connectivity index (χ3v) is 4.70. The molecule has 1 spiro atoms. The molecule has 0 bridgehead atoms. The van der Waals surface area contributed by atoms with Crippen molar-refractivity contribution < 1.29 is 0 Å². The number of likely N-dealkylation sites (N-methyl/N-ethyl adjacent to an activating group) is 1. The van der Waals surface area contributed by atoms with Crippen molar-refractivity contribution in [2.75, 3.05) is 23.8 Å². The van der Waals surface area contributed by atoms with Crippen molar-refractivity contribution in [1.82, 2.24) is 0 Å². The van der Waals surface area contributed by atoms with E-state index in [9.17, 15) is 0 Å². The number of hydrogen-bond donors (Lipinski definition) is 1. The van der Waals surface area contributed by atoms with E-state index in [0.29, 0.717) is 5.54 Å². The van der Waals surface area contributed by atoms with Crippen LogP contribution in [0.15, 0.2) is 12.1 Å². The minimum absolute atomic E-state index is 0.324. The number of nitrogens with one attached hydrogen (secondary N) is 1. The van der Waals surface area contributed by atoms with Gasteiger partial charge in [-0.25, -0.2) is 0 Å². The topological polar surface area (TPSA) is 15.3 Å². The zero-order valence-electron chi connectivity index (χ0n) is 10.5. The van der Waals surface area contributed by atoms with Gasteiger partial charge in [0.2, 0.25) is 0 Å². The summed E-state index contributed by atoms with van der Waals surface area (Å²) in [4.78, 5) is 2.46. The van der Waals surface area contributed by atoms with Crippen molar-refractivity contribution in [3.63, 3.8) is 0 Å². The molecule has 3 rings (SSSR count). The SMILES string of the molecule is Cc1cc(Cl)cc2c1NCC1(CCCC1)N2C. The van der Waals surface area contributed by atoms with E-state index in [1.54, 1.807) is 0 Å². The molecule has 2 nitrogen and oxygen atoms in total. The monoisotopic (exact) mass is 250 g/mol. The molecule has 0 aromatic heterocycles. The maximum atomic E-state index is 6.19. The van der Waals surface area contributed by atoms with Crippen molar-refractivity contribution in [3.05, 3.63) is 22.7 Å². The molecule has 1 saturated carbocycles. The smallest absolute Gasteiger partial charge is 0.0622 e. The Bertz CT molecular complexity index is 450. The second-order valence-corrected chi connectivity index (χ2v) is 5.90. The molecule has 17 heavy (non-hydrogen) atoms. The number of hydrogen-bond acceptors (Lipinski definition) is 2. The van der Waals surface area contributed by atoms with Gasteiger partial charge in [0.1, 0.15) is 0 Å². The molecule has 1 fully saturated rings. The van der Waals surface area contributed by atoms with Crippen molar-refractivity contribution in [3.8, 4) is 0 Å². The highest BCUT2D eigenvalue weighted by atomic mass is 35.5. The largest absolute Gasteiger partial charge is 0.381 e. The molecule has 0 radical (unpaired) electrons. The van der Waals surface area contributed by atoms with Gasteiger partial charge in [-0.3, -0.25) is 0 Å². The van der Waals surface area contributed by atoms with E-state index in [1.165, 1.54) is 42.6 Å². The van der Waals surface area contributed by atoms with Gasteiger partial charge in [-0.1, -0.05) is 24.4 Å². The Morgan fingerprint density at radius 3 is 2.71 bits per heavy atom. The van der Waals surface area contributed by atoms with E-state index in [4.69, 9.17) is 11.6 Å². The summed E-state index contributed by atoms with van der Waals surface area (Å²) in [5.41, 5.74) is 4.09. The number of rotatable bonds is 0. The Kier molecular flexibility index (Phi) is 2.51. The van der Waals surface area contributed by atoms with E-state index in [2.05, 4.69) is 30.3 Å². The van der Waals surface area contributed by atoms with E-state index < -0.39 is 0 Å². The van der Waals surface area contributed by atoms with Gasteiger partial charge in [-0.15, -0.1) is 0 Å². The lowest BCUT2D eigenvalue weighted by atomic mass is 9.91. The summed E-state index contributed by atoms with van der Waals surface area (Å²) < 4.78 is 0. The zero-order valence-corrected chi connectivity index (χ0v) is 11.3. The van der Waals surface area contributed by atoms with Gasteiger partial charge in [0, 0.05) is 18.6 Å². The van der Waals surface area contributed by atoms with Crippen LogP contribution in [0.2, 0.25) is 5.02 Å². The van der Waals surface area contributed by atoms with Crippen molar-refractivity contribution in [2.45, 2.75) is 38.1 Å². The van der Waals surface area contributed by atoms with Gasteiger partial charge in [0.15, 0.2) is 0 Å². The summed E-state index contributed by atoms with van der Waals surface area (Å²) in [6, 6.07) is 4.13. The van der Waals surface area contributed by atoms with Crippen LogP contribution in [0.1, 0.15) is 31.2 Å². The fourth-order valence-electron chi connectivity index (χ4n) is 3.39. The Morgan fingerprint density at radius 2 is 2.00 bits per heavy atom. The second kappa shape index (κ2) is 3.81. The Balaban J connectivity index is 2.08. The number of anilines is 2. The lowest BCUT2D eigenvalue weighted by Crippen LogP contribution is -2.52. The summed E-state index contributed by atoms with van der Waals surface area (Å²) in [6.07, 6.45) is 5.28. The van der Waals surface area contributed by atoms with E-state index in [1.807, 2.05) is 6.07 Å². The van der Waals surface area contributed by atoms with E-state index in [-0.39, 0.29) is 0 Å². The average Bonchev–Trinajstić information content (AvgIpc) is 2.74. The fraction of sp³-hybridized carbons (Fsp3) is 0.571. The predicted octanol–water partition coefficient (Wildman–Crippen LogP) is 3.82. The van der Waals surface area contributed by atoms with Gasteiger partial charge in [0.25, 0.3) is 0 Å². The highest BCUT2D eigenvalue weighted by Gasteiger charge is 2.41. The van der Waals surface area contributed by atoms with Crippen molar-refractivity contribution >= 4 is 23.0 Å². The molecule has 3 heteroatoms. The Hall–Kier alpha value is -0.890. The molecule has 2 aliphatic rings. The Morgan fingerprint density at radius 1 is 1.29 bits per heavy atom. The average molecular weight is 251 g/mol. The summed E-state index contributed by atoms with van der Waals surface area (Å²) in [5, 5.41) is 4.46. The molecule has 1 heterocycles. The summed E-state index contributed by atoms with van der Waals surface area (Å²) >= 11 is 6.19. The number of benzene rings is 1. The van der Waals surface area contributed by atoms with Crippen LogP contribution in [0, 0.1) is 6.92 Å². The van der Waals surface area contributed by atoms with Crippen LogP contribution in [0.5, 0.6) is 0 Å². The molecule has 0 amide bonds. The molecule has 0 saturated heterocycles. The number of fused-ring (bicyclic) bond motifs is 1. The molecule has 0 unspecified atom stereocenters. The first-order chi connectivity index (χ1) is 8.12. The lowest BCUT2D eigenvalue weighted by Gasteiger charge is -2.46. The molecule has 92 valence electrons. The van der Waals surface area contributed by atoms with Crippen LogP contribution in [0.25, 0.3) is 0 Å². The van der Waals surface area contributed by atoms with Gasteiger partial charge < -0.3 is 10.2 Å². The minimum Gasteiger partial charge on any atom is -0.381 e. The third-order valence-electron chi connectivity index (χ3n) is 4.48. The van der Waals surface area contributed by atoms with Crippen molar-refractivity contribution in [1.29, 1.82) is 0 Å². The summed E-state index contributed by atoms with van der Waals surface area (Å²) in [7, 11) is 2.22. The maximum Gasteiger partial charge on any atom is 0.0622 e. The lowest BCUT2D eigenvalue weighted by molar-refractivity contribution is 0.429. The molecule has 1 aliphatic carbocycles. The van der Waals surface area contributed by atoms with E-state index in [0.717, 1.165) is 11.6 Å². The number of halogens is 1. The first-order valence-corrected chi connectivity index (χ1v) is 6.78. The highest BCUT2D eigenvalue weighted by molar-refractivity contribution is 6.31. The van der Waals surface area contributed by atoms with Crippen LogP contribution >= 0.6 is 11.6 Å².